The van der Waals surface area contributed by atoms with E-state index in [1.165, 1.54) is 22.5 Å². The summed E-state index contributed by atoms with van der Waals surface area (Å²) in [6.07, 6.45) is 0. The van der Waals surface area contributed by atoms with Crippen molar-refractivity contribution in [3.05, 3.63) is 64.7 Å². The Morgan fingerprint density at radius 1 is 1.07 bits per heavy atom. The van der Waals surface area contributed by atoms with Crippen molar-refractivity contribution in [1.29, 1.82) is 0 Å². The molecule has 0 saturated heterocycles. The average molecular weight is 438 g/mol. The number of hydrogen-bond donors (Lipinski definition) is 1. The van der Waals surface area contributed by atoms with E-state index in [0.29, 0.717) is 19.6 Å². The number of nitrogens with one attached hydrogen (secondary N) is 1. The van der Waals surface area contributed by atoms with Crippen molar-refractivity contribution in [1.82, 2.24) is 14.5 Å². The van der Waals surface area contributed by atoms with E-state index < -0.39 is 15.9 Å². The maximum atomic E-state index is 12.8. The van der Waals surface area contributed by atoms with Crippen molar-refractivity contribution in [2.24, 2.45) is 0 Å². The molecule has 0 spiro atoms. The van der Waals surface area contributed by atoms with E-state index in [2.05, 4.69) is 5.32 Å². The second kappa shape index (κ2) is 10.2. The lowest BCUT2D eigenvalue weighted by molar-refractivity contribution is 0.0942. The van der Waals surface area contributed by atoms with E-state index in [1.54, 1.807) is 13.8 Å². The van der Waals surface area contributed by atoms with Crippen molar-refractivity contribution in [3.63, 3.8) is 0 Å². The van der Waals surface area contributed by atoms with Gasteiger partial charge in [0.1, 0.15) is 0 Å². The molecule has 0 bridgehead atoms. The van der Waals surface area contributed by atoms with Gasteiger partial charge in [-0.3, -0.25) is 4.79 Å². The zero-order valence-corrected chi connectivity index (χ0v) is 18.8. The predicted octanol–water partition coefficient (Wildman–Crippen LogP) is 3.40. The summed E-state index contributed by atoms with van der Waals surface area (Å²) >= 11 is 6.20. The highest BCUT2D eigenvalue weighted by molar-refractivity contribution is 7.89. The van der Waals surface area contributed by atoms with Gasteiger partial charge in [0.25, 0.3) is 5.91 Å². The van der Waals surface area contributed by atoms with Crippen molar-refractivity contribution in [2.45, 2.75) is 24.8 Å². The van der Waals surface area contributed by atoms with E-state index in [0.717, 1.165) is 5.56 Å². The number of benzene rings is 2. The van der Waals surface area contributed by atoms with E-state index in [1.807, 2.05) is 49.3 Å². The van der Waals surface area contributed by atoms with Crippen LogP contribution >= 0.6 is 11.6 Å². The van der Waals surface area contributed by atoms with Crippen LogP contribution in [0.4, 0.5) is 0 Å². The largest absolute Gasteiger partial charge is 0.350 e. The van der Waals surface area contributed by atoms with Crippen LogP contribution in [0, 0.1) is 0 Å². The molecule has 158 valence electrons. The first kappa shape index (κ1) is 23.3. The molecule has 0 radical (unpaired) electrons. The molecule has 1 N–H and O–H groups in total. The summed E-state index contributed by atoms with van der Waals surface area (Å²) in [6.45, 7) is 4.61. The lowest BCUT2D eigenvalue weighted by Gasteiger charge is -2.25. The molecule has 0 fully saturated rings. The Labute approximate surface area is 178 Å². The number of likely N-dealkylation sites (N-methyl/N-ethyl adjacent to an activating group) is 1. The predicted molar refractivity (Wildman–Crippen MR) is 117 cm³/mol. The molecule has 6 nitrogen and oxygen atoms in total. The van der Waals surface area contributed by atoms with Gasteiger partial charge < -0.3 is 10.2 Å². The Hall–Kier alpha value is -1.93. The van der Waals surface area contributed by atoms with Gasteiger partial charge in [0.15, 0.2) is 0 Å². The molecule has 0 aliphatic carbocycles. The van der Waals surface area contributed by atoms with Gasteiger partial charge in [0, 0.05) is 19.6 Å². The number of nitrogens with zero attached hydrogens (tertiary/aromatic N) is 2. The zero-order chi connectivity index (χ0) is 21.6. The second-order valence-electron chi connectivity index (χ2n) is 6.83. The lowest BCUT2D eigenvalue weighted by atomic mass is 10.1. The number of rotatable bonds is 9. The highest BCUT2D eigenvalue weighted by Crippen LogP contribution is 2.23. The van der Waals surface area contributed by atoms with Gasteiger partial charge in [-0.2, -0.15) is 4.31 Å². The highest BCUT2D eigenvalue weighted by atomic mass is 35.5. The molecule has 1 unspecified atom stereocenters. The van der Waals surface area contributed by atoms with E-state index in [-0.39, 0.29) is 21.5 Å². The Morgan fingerprint density at radius 2 is 1.69 bits per heavy atom. The van der Waals surface area contributed by atoms with Gasteiger partial charge >= 0.3 is 0 Å². The minimum Gasteiger partial charge on any atom is -0.350 e. The summed E-state index contributed by atoms with van der Waals surface area (Å²) in [5.74, 6) is -0.408. The van der Waals surface area contributed by atoms with E-state index in [9.17, 15) is 13.2 Å². The Morgan fingerprint density at radius 3 is 2.24 bits per heavy atom. The van der Waals surface area contributed by atoms with Gasteiger partial charge in [-0.15, -0.1) is 0 Å². The summed E-state index contributed by atoms with van der Waals surface area (Å²) in [4.78, 5) is 14.9. The van der Waals surface area contributed by atoms with Gasteiger partial charge in [-0.25, -0.2) is 8.42 Å². The van der Waals surface area contributed by atoms with E-state index in [4.69, 9.17) is 11.6 Å². The van der Waals surface area contributed by atoms with E-state index >= 15 is 0 Å². The Kier molecular flexibility index (Phi) is 8.22. The minimum absolute atomic E-state index is 0.0264. The van der Waals surface area contributed by atoms with Crippen molar-refractivity contribution in [3.8, 4) is 0 Å². The monoisotopic (exact) mass is 437 g/mol. The fraction of sp³-hybridized carbons (Fsp3) is 0.381. The maximum Gasteiger partial charge on any atom is 0.252 e. The molecule has 1 amide bonds. The van der Waals surface area contributed by atoms with Crippen LogP contribution in [-0.4, -0.2) is 57.3 Å². The van der Waals surface area contributed by atoms with Crippen molar-refractivity contribution in [2.75, 3.05) is 33.7 Å². The number of halogens is 1. The second-order valence-corrected chi connectivity index (χ2v) is 9.18. The molecular formula is C21H28ClN3O3S. The van der Waals surface area contributed by atoms with Gasteiger partial charge in [-0.05, 0) is 37.9 Å². The first-order valence-corrected chi connectivity index (χ1v) is 11.3. The SMILES string of the molecule is CCN(CC)S(=O)(=O)c1ccc(Cl)c(C(=O)NCC(c2ccccc2)N(C)C)c1. The molecule has 0 aliphatic rings. The third-order valence-corrected chi connectivity index (χ3v) is 7.16. The molecule has 8 heteroatoms. The molecule has 0 aromatic heterocycles. The topological polar surface area (TPSA) is 69.7 Å². The summed E-state index contributed by atoms with van der Waals surface area (Å²) in [7, 11) is 0.202. The summed E-state index contributed by atoms with van der Waals surface area (Å²) in [5.41, 5.74) is 1.22. The molecule has 1 atom stereocenters. The van der Waals surface area contributed by atoms with Crippen molar-refractivity contribution < 1.29 is 13.2 Å². The minimum atomic E-state index is -3.68. The molecular weight excluding hydrogens is 410 g/mol. The summed E-state index contributed by atoms with van der Waals surface area (Å²) in [6, 6.07) is 14.0. The molecule has 2 aromatic rings. The third-order valence-electron chi connectivity index (χ3n) is 4.79. The number of amides is 1. The Bertz CT molecular complexity index is 929. The van der Waals surface area contributed by atoms with Gasteiger partial charge in [0.05, 0.1) is 21.5 Å². The third kappa shape index (κ3) is 5.57. The van der Waals surface area contributed by atoms with Crippen LogP contribution in [-0.2, 0) is 10.0 Å². The first-order chi connectivity index (χ1) is 13.7. The van der Waals surface area contributed by atoms with Gasteiger partial charge in [-0.1, -0.05) is 55.8 Å². The Balaban J connectivity index is 2.25. The lowest BCUT2D eigenvalue weighted by Crippen LogP contribution is -2.35. The van der Waals surface area contributed by atoms with Crippen LogP contribution in [0.1, 0.15) is 35.8 Å². The normalized spacial score (nSPS) is 12.9. The molecule has 2 rings (SSSR count). The quantitative estimate of drug-likeness (QED) is 0.652. The number of carbonyl (C=O) groups excluding carboxylic acids is 1. The number of hydrogen-bond acceptors (Lipinski definition) is 4. The fourth-order valence-electron chi connectivity index (χ4n) is 3.11. The smallest absolute Gasteiger partial charge is 0.252 e. The summed E-state index contributed by atoms with van der Waals surface area (Å²) < 4.78 is 26.9. The molecule has 0 heterocycles. The standard InChI is InChI=1S/C21H28ClN3O3S/c1-5-25(6-2)29(27,28)17-12-13-19(22)18(14-17)21(26)23-15-20(24(3)4)16-10-8-7-9-11-16/h7-14,20H,5-6,15H2,1-4H3,(H,23,26). The zero-order valence-electron chi connectivity index (χ0n) is 17.2. The number of carbonyl (C=O) groups is 1. The van der Waals surface area contributed by atoms with Crippen LogP contribution < -0.4 is 5.32 Å². The van der Waals surface area contributed by atoms with Crippen LogP contribution in [0.3, 0.4) is 0 Å². The average Bonchev–Trinajstić information content (AvgIpc) is 2.69. The van der Waals surface area contributed by atoms with Crippen LogP contribution in [0.5, 0.6) is 0 Å². The van der Waals surface area contributed by atoms with Crippen LogP contribution in [0.2, 0.25) is 5.02 Å². The fourth-order valence-corrected chi connectivity index (χ4v) is 4.80. The summed E-state index contributed by atoms with van der Waals surface area (Å²) in [5, 5.41) is 3.09. The molecule has 0 aliphatic heterocycles. The molecule has 29 heavy (non-hydrogen) atoms. The molecule has 0 saturated carbocycles. The maximum absolute atomic E-state index is 12.8. The highest BCUT2D eigenvalue weighted by Gasteiger charge is 2.24. The van der Waals surface area contributed by atoms with Gasteiger partial charge in [0.2, 0.25) is 10.0 Å². The van der Waals surface area contributed by atoms with Crippen LogP contribution in [0.15, 0.2) is 53.4 Å². The van der Waals surface area contributed by atoms with Crippen LogP contribution in [0.25, 0.3) is 0 Å². The first-order valence-electron chi connectivity index (χ1n) is 9.51. The molecule has 2 aromatic carbocycles. The number of sulfonamides is 1. The van der Waals surface area contributed by atoms with Crippen molar-refractivity contribution >= 4 is 27.5 Å².